The first-order valence-corrected chi connectivity index (χ1v) is 4.18. The van der Waals surface area contributed by atoms with E-state index in [0.29, 0.717) is 11.3 Å². The number of methoxy groups -OCH3 is 1. The van der Waals surface area contributed by atoms with Crippen LogP contribution in [0, 0.1) is 15.5 Å². The third kappa shape index (κ3) is 2.67. The van der Waals surface area contributed by atoms with Crippen LogP contribution in [0.5, 0.6) is 5.75 Å². The number of hydrogen-bond acceptors (Lipinski definition) is 4. The summed E-state index contributed by atoms with van der Waals surface area (Å²) in [6, 6.07) is 4.22. The Labute approximate surface area is 86.3 Å². The highest BCUT2D eigenvalue weighted by atomic mass is 16.6. The van der Waals surface area contributed by atoms with E-state index in [1.807, 2.05) is 0 Å². The van der Waals surface area contributed by atoms with Crippen LogP contribution in [0.15, 0.2) is 18.2 Å². The summed E-state index contributed by atoms with van der Waals surface area (Å²) in [4.78, 5) is 9.99. The molecule has 0 heterocycles. The molecule has 0 fully saturated rings. The topological polar surface area (TPSA) is 102 Å². The van der Waals surface area contributed by atoms with Crippen LogP contribution in [0.25, 0.3) is 0 Å². The number of ether oxygens (including phenoxy) is 1. The summed E-state index contributed by atoms with van der Waals surface area (Å²) in [6.07, 6.45) is 0.223. The van der Waals surface area contributed by atoms with E-state index in [1.54, 1.807) is 6.07 Å². The Morgan fingerprint density at radius 1 is 1.67 bits per heavy atom. The third-order valence-corrected chi connectivity index (χ3v) is 1.86. The molecule has 0 saturated carbocycles. The zero-order valence-electron chi connectivity index (χ0n) is 8.19. The molecule has 0 aliphatic rings. The second kappa shape index (κ2) is 4.41. The van der Waals surface area contributed by atoms with Crippen molar-refractivity contribution in [2.24, 2.45) is 5.73 Å². The maximum absolute atomic E-state index is 10.5. The first-order valence-electron chi connectivity index (χ1n) is 4.18. The van der Waals surface area contributed by atoms with Crippen molar-refractivity contribution in [1.82, 2.24) is 0 Å². The predicted octanol–water partition coefficient (Wildman–Crippen LogP) is 1.08. The molecule has 6 nitrogen and oxygen atoms in total. The van der Waals surface area contributed by atoms with Crippen LogP contribution in [0.3, 0.4) is 0 Å². The lowest BCUT2D eigenvalue weighted by Gasteiger charge is -2.06. The highest BCUT2D eigenvalue weighted by Crippen LogP contribution is 2.24. The van der Waals surface area contributed by atoms with Gasteiger partial charge in [-0.3, -0.25) is 15.5 Å². The maximum atomic E-state index is 10.5. The van der Waals surface area contributed by atoms with E-state index in [0.717, 1.165) is 0 Å². The normalized spacial score (nSPS) is 9.67. The van der Waals surface area contributed by atoms with Gasteiger partial charge < -0.3 is 10.5 Å². The number of nitrogens with two attached hydrogens (primary N) is 1. The van der Waals surface area contributed by atoms with E-state index >= 15 is 0 Å². The quantitative estimate of drug-likeness (QED) is 0.335. The van der Waals surface area contributed by atoms with Gasteiger partial charge >= 0.3 is 0 Å². The Kier molecular flexibility index (Phi) is 3.22. The molecule has 1 aromatic rings. The molecule has 6 heteroatoms. The summed E-state index contributed by atoms with van der Waals surface area (Å²) in [5.41, 5.74) is 5.86. The second-order valence-electron chi connectivity index (χ2n) is 2.96. The standard InChI is InChI=1S/C9H11N3O3/c1-15-8-5-7(12(13)14)3-2-6(8)4-9(10)11/h2-3,5H,4H2,1H3,(H3,10,11). The van der Waals surface area contributed by atoms with Crippen LogP contribution in [0.1, 0.15) is 5.56 Å². The summed E-state index contributed by atoms with van der Waals surface area (Å²) in [6.45, 7) is 0. The monoisotopic (exact) mass is 209 g/mol. The van der Waals surface area contributed by atoms with E-state index in [9.17, 15) is 10.1 Å². The van der Waals surface area contributed by atoms with Crippen molar-refractivity contribution in [3.8, 4) is 5.75 Å². The van der Waals surface area contributed by atoms with Gasteiger partial charge in [-0.05, 0) is 6.07 Å². The average molecular weight is 209 g/mol. The van der Waals surface area contributed by atoms with E-state index in [2.05, 4.69) is 0 Å². The fourth-order valence-corrected chi connectivity index (χ4v) is 1.20. The third-order valence-electron chi connectivity index (χ3n) is 1.86. The van der Waals surface area contributed by atoms with Crippen LogP contribution in [0.4, 0.5) is 5.69 Å². The molecule has 0 spiro atoms. The number of non-ortho nitro benzene ring substituents is 1. The Morgan fingerprint density at radius 3 is 2.80 bits per heavy atom. The average Bonchev–Trinajstić information content (AvgIpc) is 2.17. The number of nitrogens with zero attached hydrogens (tertiary/aromatic N) is 1. The molecule has 0 aliphatic heterocycles. The van der Waals surface area contributed by atoms with Crippen molar-refractivity contribution in [3.63, 3.8) is 0 Å². The first-order chi connectivity index (χ1) is 7.04. The molecule has 0 bridgehead atoms. The van der Waals surface area contributed by atoms with Crippen molar-refractivity contribution in [2.45, 2.75) is 6.42 Å². The number of nitro groups is 1. The van der Waals surface area contributed by atoms with Gasteiger partial charge in [-0.1, -0.05) is 0 Å². The van der Waals surface area contributed by atoms with Crippen molar-refractivity contribution in [2.75, 3.05) is 7.11 Å². The first kappa shape index (κ1) is 11.0. The van der Waals surface area contributed by atoms with Gasteiger partial charge in [0.15, 0.2) is 0 Å². The molecule has 0 amide bonds. The van der Waals surface area contributed by atoms with Gasteiger partial charge in [-0.25, -0.2) is 0 Å². The Bertz CT molecular complexity index is 404. The molecule has 0 radical (unpaired) electrons. The summed E-state index contributed by atoms with van der Waals surface area (Å²) in [5.74, 6) is 0.363. The van der Waals surface area contributed by atoms with Crippen LogP contribution >= 0.6 is 0 Å². The highest BCUT2D eigenvalue weighted by Gasteiger charge is 2.11. The minimum absolute atomic E-state index is 0.0119. The molecule has 1 aromatic carbocycles. The van der Waals surface area contributed by atoms with Gasteiger partial charge in [0, 0.05) is 18.1 Å². The lowest BCUT2D eigenvalue weighted by atomic mass is 10.1. The molecule has 80 valence electrons. The zero-order valence-corrected chi connectivity index (χ0v) is 8.19. The molecular weight excluding hydrogens is 198 g/mol. The maximum Gasteiger partial charge on any atom is 0.273 e. The molecule has 1 rings (SSSR count). The molecule has 0 aromatic heterocycles. The largest absolute Gasteiger partial charge is 0.496 e. The summed E-state index contributed by atoms with van der Waals surface area (Å²) >= 11 is 0. The molecule has 0 saturated heterocycles. The fraction of sp³-hybridized carbons (Fsp3) is 0.222. The van der Waals surface area contributed by atoms with E-state index in [1.165, 1.54) is 19.2 Å². The number of nitrogens with one attached hydrogen (secondary N) is 1. The van der Waals surface area contributed by atoms with Crippen LogP contribution in [-0.2, 0) is 6.42 Å². The van der Waals surface area contributed by atoms with E-state index in [4.69, 9.17) is 15.9 Å². The summed E-state index contributed by atoms with van der Waals surface area (Å²) < 4.78 is 4.98. The lowest BCUT2D eigenvalue weighted by molar-refractivity contribution is -0.384. The van der Waals surface area contributed by atoms with Crippen molar-refractivity contribution in [3.05, 3.63) is 33.9 Å². The number of hydrogen-bond donors (Lipinski definition) is 2. The minimum atomic E-state index is -0.500. The van der Waals surface area contributed by atoms with Gasteiger partial charge in [0.1, 0.15) is 5.75 Å². The molecule has 3 N–H and O–H groups in total. The molecule has 0 aliphatic carbocycles. The zero-order chi connectivity index (χ0) is 11.4. The van der Waals surface area contributed by atoms with Gasteiger partial charge in [0.2, 0.25) is 0 Å². The molecule has 0 unspecified atom stereocenters. The van der Waals surface area contributed by atoms with Crippen molar-refractivity contribution in [1.29, 1.82) is 5.41 Å². The minimum Gasteiger partial charge on any atom is -0.496 e. The summed E-state index contributed by atoms with van der Waals surface area (Å²) in [5, 5.41) is 17.6. The van der Waals surface area contributed by atoms with Crippen molar-refractivity contribution < 1.29 is 9.66 Å². The summed E-state index contributed by atoms with van der Waals surface area (Å²) in [7, 11) is 1.42. The predicted molar refractivity (Wildman–Crippen MR) is 55.3 cm³/mol. The van der Waals surface area contributed by atoms with Crippen LogP contribution in [0.2, 0.25) is 0 Å². The molecular formula is C9H11N3O3. The van der Waals surface area contributed by atoms with Gasteiger partial charge in [-0.2, -0.15) is 0 Å². The highest BCUT2D eigenvalue weighted by molar-refractivity contribution is 5.80. The fourth-order valence-electron chi connectivity index (χ4n) is 1.20. The molecule has 15 heavy (non-hydrogen) atoms. The Hall–Kier alpha value is -2.11. The smallest absolute Gasteiger partial charge is 0.273 e. The number of benzene rings is 1. The lowest BCUT2D eigenvalue weighted by Crippen LogP contribution is -2.13. The van der Waals surface area contributed by atoms with Crippen molar-refractivity contribution >= 4 is 11.5 Å². The van der Waals surface area contributed by atoms with Crippen LogP contribution < -0.4 is 10.5 Å². The Morgan fingerprint density at radius 2 is 2.33 bits per heavy atom. The number of nitro benzene ring substituents is 1. The van der Waals surface area contributed by atoms with E-state index in [-0.39, 0.29) is 17.9 Å². The number of amidine groups is 1. The molecule has 0 atom stereocenters. The van der Waals surface area contributed by atoms with E-state index < -0.39 is 4.92 Å². The Balaban J connectivity index is 3.08. The SMILES string of the molecule is COc1cc([N+](=O)[O-])ccc1CC(=N)N. The number of rotatable bonds is 4. The van der Waals surface area contributed by atoms with Gasteiger partial charge in [0.25, 0.3) is 5.69 Å². The second-order valence-corrected chi connectivity index (χ2v) is 2.96. The van der Waals surface area contributed by atoms with Crippen LogP contribution in [-0.4, -0.2) is 17.9 Å². The van der Waals surface area contributed by atoms with Gasteiger partial charge in [0.05, 0.1) is 23.9 Å². The van der Waals surface area contributed by atoms with Gasteiger partial charge in [-0.15, -0.1) is 0 Å².